The highest BCUT2D eigenvalue weighted by Crippen LogP contribution is 2.40. The van der Waals surface area contributed by atoms with Gasteiger partial charge < -0.3 is 10.1 Å². The van der Waals surface area contributed by atoms with E-state index in [4.69, 9.17) is 4.74 Å². The third kappa shape index (κ3) is 3.06. The molecule has 22 heavy (non-hydrogen) atoms. The number of benzene rings is 1. The molecule has 2 fully saturated rings. The van der Waals surface area contributed by atoms with E-state index in [9.17, 15) is 13.6 Å². The van der Waals surface area contributed by atoms with Gasteiger partial charge >= 0.3 is 6.09 Å². The average Bonchev–Trinajstić information content (AvgIpc) is 2.98. The van der Waals surface area contributed by atoms with Gasteiger partial charge in [-0.1, -0.05) is 30.3 Å². The van der Waals surface area contributed by atoms with E-state index in [1.807, 2.05) is 30.3 Å². The molecule has 1 aromatic carbocycles. The van der Waals surface area contributed by atoms with Crippen LogP contribution in [0.5, 0.6) is 0 Å². The van der Waals surface area contributed by atoms with Crippen molar-refractivity contribution < 1.29 is 18.3 Å². The minimum Gasteiger partial charge on any atom is -0.445 e. The lowest BCUT2D eigenvalue weighted by molar-refractivity contribution is -0.101. The van der Waals surface area contributed by atoms with Crippen molar-refractivity contribution in [3.05, 3.63) is 35.9 Å². The summed E-state index contributed by atoms with van der Waals surface area (Å²) in [6.07, 6.45) is 0.195. The van der Waals surface area contributed by atoms with Gasteiger partial charge in [0.15, 0.2) is 0 Å². The van der Waals surface area contributed by atoms with E-state index < -0.39 is 24.1 Å². The lowest BCUT2D eigenvalue weighted by Gasteiger charge is -2.46. The Morgan fingerprint density at radius 3 is 2.68 bits per heavy atom. The van der Waals surface area contributed by atoms with Gasteiger partial charge in [-0.25, -0.2) is 13.6 Å². The number of ether oxygens (including phenoxy) is 1. The maximum absolute atomic E-state index is 13.7. The Labute approximate surface area is 128 Å². The first kappa shape index (κ1) is 15.2. The monoisotopic (exact) mass is 310 g/mol. The molecule has 3 rings (SSSR count). The van der Waals surface area contributed by atoms with Crippen LogP contribution in [0.25, 0.3) is 0 Å². The normalized spacial score (nSPS) is 27.1. The van der Waals surface area contributed by atoms with Gasteiger partial charge in [0.05, 0.1) is 12.1 Å². The maximum Gasteiger partial charge on any atom is 0.410 e. The maximum atomic E-state index is 13.7. The van der Waals surface area contributed by atoms with Crippen molar-refractivity contribution in [2.45, 2.75) is 37.3 Å². The van der Waals surface area contributed by atoms with E-state index in [2.05, 4.69) is 5.32 Å². The van der Waals surface area contributed by atoms with E-state index >= 15 is 0 Å². The van der Waals surface area contributed by atoms with Gasteiger partial charge in [-0.05, 0) is 24.9 Å². The molecule has 1 aromatic rings. The molecule has 1 unspecified atom stereocenters. The van der Waals surface area contributed by atoms with Crippen LogP contribution >= 0.6 is 0 Å². The Balaban J connectivity index is 1.70. The number of halogens is 2. The molecule has 4 nitrogen and oxygen atoms in total. The zero-order valence-corrected chi connectivity index (χ0v) is 12.4. The number of hydrogen-bond acceptors (Lipinski definition) is 3. The predicted octanol–water partition coefficient (Wildman–Crippen LogP) is 2.79. The predicted molar refractivity (Wildman–Crippen MR) is 77.7 cm³/mol. The van der Waals surface area contributed by atoms with Gasteiger partial charge in [-0.3, -0.25) is 4.90 Å². The zero-order valence-electron chi connectivity index (χ0n) is 12.4. The first-order chi connectivity index (χ1) is 10.5. The Kier molecular flexibility index (Phi) is 4.04. The largest absolute Gasteiger partial charge is 0.445 e. The number of carbonyl (C=O) groups excluding carboxylic acids is 1. The third-order valence-corrected chi connectivity index (χ3v) is 4.56. The number of hydrogen-bond donors (Lipinski definition) is 1. The lowest BCUT2D eigenvalue weighted by Crippen LogP contribution is -2.60. The summed E-state index contributed by atoms with van der Waals surface area (Å²) in [6, 6.07) is 9.24. The van der Waals surface area contributed by atoms with E-state index in [-0.39, 0.29) is 13.0 Å². The standard InChI is InChI=1S/C16H20F2N2O2/c17-16(18)7-6-15(8-9-19-11-15)20(12-16)14(21)22-10-13-4-2-1-3-5-13/h1-5,19H,6-12H2. The van der Waals surface area contributed by atoms with Gasteiger partial charge in [-0.2, -0.15) is 0 Å². The Morgan fingerprint density at radius 2 is 2.00 bits per heavy atom. The SMILES string of the molecule is O=C(OCc1ccccc1)N1CC(F)(F)CCC12CCNC2. The molecule has 0 bridgehead atoms. The van der Waals surface area contributed by atoms with Crippen molar-refractivity contribution in [3.8, 4) is 0 Å². The number of piperidine rings is 1. The summed E-state index contributed by atoms with van der Waals surface area (Å²) < 4.78 is 32.8. The number of nitrogens with zero attached hydrogens (tertiary/aromatic N) is 1. The molecule has 1 amide bonds. The fourth-order valence-electron chi connectivity index (χ4n) is 3.26. The average molecular weight is 310 g/mol. The van der Waals surface area contributed by atoms with Crippen LogP contribution in [0.4, 0.5) is 13.6 Å². The molecule has 6 heteroatoms. The van der Waals surface area contributed by atoms with Crippen LogP contribution in [0.2, 0.25) is 0 Å². The molecule has 2 saturated heterocycles. The van der Waals surface area contributed by atoms with Crippen molar-refractivity contribution in [1.82, 2.24) is 10.2 Å². The summed E-state index contributed by atoms with van der Waals surface area (Å²) in [6.45, 7) is 0.852. The molecule has 2 aliphatic heterocycles. The lowest BCUT2D eigenvalue weighted by atomic mass is 9.84. The molecule has 1 atom stereocenters. The molecule has 1 N–H and O–H groups in total. The molecule has 2 aliphatic rings. The summed E-state index contributed by atoms with van der Waals surface area (Å²) in [5.74, 6) is -2.83. The van der Waals surface area contributed by atoms with Crippen molar-refractivity contribution in [3.63, 3.8) is 0 Å². The second-order valence-electron chi connectivity index (χ2n) is 6.13. The van der Waals surface area contributed by atoms with Gasteiger partial charge in [0.1, 0.15) is 6.61 Å². The van der Waals surface area contributed by atoms with Gasteiger partial charge in [0, 0.05) is 13.0 Å². The summed E-state index contributed by atoms with van der Waals surface area (Å²) in [5.41, 5.74) is 0.327. The first-order valence-electron chi connectivity index (χ1n) is 7.58. The number of amides is 1. The van der Waals surface area contributed by atoms with Crippen molar-refractivity contribution in [2.24, 2.45) is 0 Å². The van der Waals surface area contributed by atoms with E-state index in [1.54, 1.807) is 0 Å². The second kappa shape index (κ2) is 5.83. The zero-order chi connectivity index (χ0) is 15.6. The van der Waals surface area contributed by atoms with Crippen LogP contribution in [0.1, 0.15) is 24.8 Å². The molecule has 2 heterocycles. The van der Waals surface area contributed by atoms with E-state index in [0.717, 1.165) is 12.1 Å². The first-order valence-corrected chi connectivity index (χ1v) is 7.58. The minimum atomic E-state index is -2.83. The van der Waals surface area contributed by atoms with Crippen molar-refractivity contribution in [2.75, 3.05) is 19.6 Å². The van der Waals surface area contributed by atoms with Crippen LogP contribution in [0.15, 0.2) is 30.3 Å². The molecule has 0 aliphatic carbocycles. The highest BCUT2D eigenvalue weighted by atomic mass is 19.3. The quantitative estimate of drug-likeness (QED) is 0.913. The van der Waals surface area contributed by atoms with Gasteiger partial charge in [0.2, 0.25) is 0 Å². The fraction of sp³-hybridized carbons (Fsp3) is 0.562. The van der Waals surface area contributed by atoms with E-state index in [1.165, 1.54) is 4.90 Å². The second-order valence-corrected chi connectivity index (χ2v) is 6.13. The number of alkyl halides is 2. The summed E-state index contributed by atoms with van der Waals surface area (Å²) in [7, 11) is 0. The summed E-state index contributed by atoms with van der Waals surface area (Å²) in [5, 5.41) is 3.17. The minimum absolute atomic E-state index is 0.102. The number of carbonyl (C=O) groups is 1. The number of rotatable bonds is 2. The van der Waals surface area contributed by atoms with Crippen LogP contribution in [0, 0.1) is 0 Å². The summed E-state index contributed by atoms with van der Waals surface area (Å²) in [4.78, 5) is 13.6. The highest BCUT2D eigenvalue weighted by molar-refractivity contribution is 5.69. The Morgan fingerprint density at radius 1 is 1.23 bits per heavy atom. The topological polar surface area (TPSA) is 41.6 Å². The molecular weight excluding hydrogens is 290 g/mol. The Bertz CT molecular complexity index is 530. The molecular formula is C16H20F2N2O2. The third-order valence-electron chi connectivity index (χ3n) is 4.56. The number of likely N-dealkylation sites (tertiary alicyclic amines) is 1. The fourth-order valence-corrected chi connectivity index (χ4v) is 3.26. The number of nitrogens with one attached hydrogen (secondary N) is 1. The molecule has 120 valence electrons. The smallest absolute Gasteiger partial charge is 0.410 e. The Hall–Kier alpha value is -1.69. The van der Waals surface area contributed by atoms with Crippen LogP contribution in [-0.4, -0.2) is 42.1 Å². The highest BCUT2D eigenvalue weighted by Gasteiger charge is 2.52. The van der Waals surface area contributed by atoms with Gasteiger partial charge in [-0.15, -0.1) is 0 Å². The van der Waals surface area contributed by atoms with Crippen LogP contribution < -0.4 is 5.32 Å². The van der Waals surface area contributed by atoms with Crippen molar-refractivity contribution in [1.29, 1.82) is 0 Å². The molecule has 1 spiro atoms. The van der Waals surface area contributed by atoms with Crippen molar-refractivity contribution >= 4 is 6.09 Å². The van der Waals surface area contributed by atoms with E-state index in [0.29, 0.717) is 19.4 Å². The van der Waals surface area contributed by atoms with Crippen LogP contribution in [-0.2, 0) is 11.3 Å². The summed E-state index contributed by atoms with van der Waals surface area (Å²) >= 11 is 0. The molecule has 0 radical (unpaired) electrons. The molecule has 0 saturated carbocycles. The molecule has 0 aromatic heterocycles. The van der Waals surface area contributed by atoms with Gasteiger partial charge in [0.25, 0.3) is 5.92 Å². The van der Waals surface area contributed by atoms with Crippen LogP contribution in [0.3, 0.4) is 0 Å².